The minimum atomic E-state index is -0.753. The third kappa shape index (κ3) is 6.76. The molecule has 0 spiro atoms. The van der Waals surface area contributed by atoms with E-state index in [0.29, 0.717) is 0 Å². The van der Waals surface area contributed by atoms with Crippen molar-refractivity contribution in [1.29, 1.82) is 0 Å². The Morgan fingerprint density at radius 3 is 1.70 bits per heavy atom. The maximum absolute atomic E-state index is 11.5. The molecule has 1 aromatic carbocycles. The van der Waals surface area contributed by atoms with Crippen LogP contribution in [0, 0.1) is 0 Å². The highest BCUT2D eigenvalue weighted by atomic mass is 16.3. The average molecular weight is 323 g/mol. The van der Waals surface area contributed by atoms with E-state index in [9.17, 15) is 14.7 Å². The topological polar surface area (TPSA) is 66.4 Å². The summed E-state index contributed by atoms with van der Waals surface area (Å²) in [6.45, 7) is 4.41. The second kappa shape index (κ2) is 11.3. The van der Waals surface area contributed by atoms with E-state index in [-0.39, 0.29) is 17.5 Å². The molecule has 132 valence electrons. The molecule has 0 saturated carbocycles. The molecule has 4 heteroatoms. The molecule has 4 nitrogen and oxygen atoms in total. The van der Waals surface area contributed by atoms with Crippen LogP contribution in [-0.2, 0) is 0 Å². The SMILES string of the molecule is CCCCCCCC(CCCCCCC)Nc1c(O)c(=O)c1=O. The molecule has 0 heterocycles. The van der Waals surface area contributed by atoms with Crippen LogP contribution >= 0.6 is 0 Å². The van der Waals surface area contributed by atoms with Gasteiger partial charge in [0.1, 0.15) is 5.69 Å². The molecule has 0 saturated heterocycles. The molecular weight excluding hydrogens is 290 g/mol. The predicted octanol–water partition coefficient (Wildman–Crippen LogP) is 4.49. The highest BCUT2D eigenvalue weighted by molar-refractivity contribution is 5.61. The Bertz CT molecular complexity index is 489. The van der Waals surface area contributed by atoms with E-state index < -0.39 is 10.9 Å². The minimum absolute atomic E-state index is 0.141. The molecule has 0 aliphatic carbocycles. The highest BCUT2D eigenvalue weighted by Gasteiger charge is 2.22. The lowest BCUT2D eigenvalue weighted by Crippen LogP contribution is -2.36. The van der Waals surface area contributed by atoms with Gasteiger partial charge in [-0.05, 0) is 12.8 Å². The molecule has 0 aromatic heterocycles. The Morgan fingerprint density at radius 1 is 0.783 bits per heavy atom. The second-order valence-electron chi connectivity index (χ2n) is 6.63. The molecule has 0 fully saturated rings. The molecule has 0 unspecified atom stereocenters. The van der Waals surface area contributed by atoms with Gasteiger partial charge >= 0.3 is 0 Å². The van der Waals surface area contributed by atoms with Gasteiger partial charge in [-0.25, -0.2) is 0 Å². The van der Waals surface area contributed by atoms with Gasteiger partial charge in [0.15, 0.2) is 5.75 Å². The summed E-state index contributed by atoms with van der Waals surface area (Å²) in [6, 6.07) is 0.187. The first-order chi connectivity index (χ1) is 11.1. The zero-order chi connectivity index (χ0) is 17.1. The first-order valence-electron chi connectivity index (χ1n) is 9.40. The number of hydrogen-bond acceptors (Lipinski definition) is 4. The standard InChI is InChI=1S/C19H33NO3/c1-3-5-7-9-11-13-15(14-12-10-8-6-4-2)20-16-17(21)19(23)18(16)22/h15,20-21H,3-14H2,1-2H3. The van der Waals surface area contributed by atoms with Crippen LogP contribution in [-0.4, -0.2) is 11.1 Å². The molecule has 0 aliphatic heterocycles. The number of aromatic hydroxyl groups is 1. The van der Waals surface area contributed by atoms with Gasteiger partial charge in [0, 0.05) is 6.04 Å². The molecule has 0 radical (unpaired) electrons. The molecular formula is C19H33NO3. The van der Waals surface area contributed by atoms with Crippen LogP contribution in [0.5, 0.6) is 5.75 Å². The number of hydrogen-bond donors (Lipinski definition) is 2. The number of nitrogens with one attached hydrogen (secondary N) is 1. The average Bonchev–Trinajstić information content (AvgIpc) is 2.57. The molecule has 0 bridgehead atoms. The lowest BCUT2D eigenvalue weighted by atomic mass is 9.99. The molecule has 0 atom stereocenters. The van der Waals surface area contributed by atoms with Gasteiger partial charge in [0.05, 0.1) is 0 Å². The van der Waals surface area contributed by atoms with E-state index in [2.05, 4.69) is 19.2 Å². The van der Waals surface area contributed by atoms with Crippen molar-refractivity contribution in [2.75, 3.05) is 5.32 Å². The molecule has 2 N–H and O–H groups in total. The first kappa shape index (κ1) is 19.7. The van der Waals surface area contributed by atoms with Crippen LogP contribution in [0.4, 0.5) is 5.69 Å². The van der Waals surface area contributed by atoms with Gasteiger partial charge in [0.25, 0.3) is 10.9 Å². The molecule has 1 rings (SSSR count). The normalized spacial score (nSPS) is 11.4. The van der Waals surface area contributed by atoms with Crippen molar-refractivity contribution in [3.05, 3.63) is 20.4 Å². The third-order valence-corrected chi connectivity index (χ3v) is 4.55. The van der Waals surface area contributed by atoms with E-state index >= 15 is 0 Å². The van der Waals surface area contributed by atoms with Gasteiger partial charge in [-0.1, -0.05) is 78.1 Å². The second-order valence-corrected chi connectivity index (χ2v) is 6.63. The maximum atomic E-state index is 11.5. The highest BCUT2D eigenvalue weighted by Crippen LogP contribution is 2.21. The fourth-order valence-electron chi connectivity index (χ4n) is 2.99. The van der Waals surface area contributed by atoms with Crippen molar-refractivity contribution in [2.45, 2.75) is 96.9 Å². The van der Waals surface area contributed by atoms with Crippen LogP contribution in [0.25, 0.3) is 0 Å². The Kier molecular flexibility index (Phi) is 9.65. The van der Waals surface area contributed by atoms with Crippen LogP contribution in [0.2, 0.25) is 0 Å². The Balaban J connectivity index is 2.41. The summed E-state index contributed by atoms with van der Waals surface area (Å²) < 4.78 is 0. The molecule has 0 amide bonds. The summed E-state index contributed by atoms with van der Waals surface area (Å²) in [7, 11) is 0. The first-order valence-corrected chi connectivity index (χ1v) is 9.40. The number of unbranched alkanes of at least 4 members (excludes halogenated alkanes) is 8. The Labute approximate surface area is 140 Å². The zero-order valence-electron chi connectivity index (χ0n) is 14.8. The van der Waals surface area contributed by atoms with E-state index in [1.165, 1.54) is 51.4 Å². The summed E-state index contributed by atoms with van der Waals surface area (Å²) in [6.07, 6.45) is 14.2. The predicted molar refractivity (Wildman–Crippen MR) is 97.2 cm³/mol. The lowest BCUT2D eigenvalue weighted by Gasteiger charge is -2.21. The minimum Gasteiger partial charge on any atom is -0.502 e. The molecule has 23 heavy (non-hydrogen) atoms. The van der Waals surface area contributed by atoms with Crippen molar-refractivity contribution in [2.24, 2.45) is 0 Å². The van der Waals surface area contributed by atoms with Crippen molar-refractivity contribution in [1.82, 2.24) is 0 Å². The number of rotatable bonds is 14. The van der Waals surface area contributed by atoms with E-state index in [1.54, 1.807) is 0 Å². The smallest absolute Gasteiger partial charge is 0.271 e. The van der Waals surface area contributed by atoms with E-state index in [4.69, 9.17) is 0 Å². The Morgan fingerprint density at radius 2 is 1.26 bits per heavy atom. The van der Waals surface area contributed by atoms with Gasteiger partial charge in [-0.2, -0.15) is 0 Å². The summed E-state index contributed by atoms with van der Waals surface area (Å²) in [4.78, 5) is 22.6. The van der Waals surface area contributed by atoms with Crippen molar-refractivity contribution in [3.63, 3.8) is 0 Å². The summed E-state index contributed by atoms with van der Waals surface area (Å²) in [5, 5.41) is 12.6. The van der Waals surface area contributed by atoms with Crippen molar-refractivity contribution >= 4 is 5.69 Å². The lowest BCUT2D eigenvalue weighted by molar-refractivity contribution is 0.459. The largest absolute Gasteiger partial charge is 0.502 e. The van der Waals surface area contributed by atoms with E-state index in [0.717, 1.165) is 25.7 Å². The summed E-state index contributed by atoms with van der Waals surface area (Å²) >= 11 is 0. The van der Waals surface area contributed by atoms with Gasteiger partial charge in [0.2, 0.25) is 0 Å². The third-order valence-electron chi connectivity index (χ3n) is 4.55. The van der Waals surface area contributed by atoms with Crippen molar-refractivity contribution < 1.29 is 5.11 Å². The summed E-state index contributed by atoms with van der Waals surface area (Å²) in [5.41, 5.74) is -1.18. The van der Waals surface area contributed by atoms with Crippen LogP contribution < -0.4 is 16.2 Å². The van der Waals surface area contributed by atoms with Gasteiger partial charge in [-0.15, -0.1) is 0 Å². The number of anilines is 1. The van der Waals surface area contributed by atoms with Crippen LogP contribution in [0.15, 0.2) is 9.59 Å². The molecule has 0 aliphatic rings. The van der Waals surface area contributed by atoms with Crippen LogP contribution in [0.3, 0.4) is 0 Å². The Hall–Kier alpha value is -1.32. The fraction of sp³-hybridized carbons (Fsp3) is 0.789. The van der Waals surface area contributed by atoms with Gasteiger partial charge < -0.3 is 10.4 Å². The van der Waals surface area contributed by atoms with Crippen molar-refractivity contribution in [3.8, 4) is 5.75 Å². The fourth-order valence-corrected chi connectivity index (χ4v) is 2.99. The summed E-state index contributed by atoms with van der Waals surface area (Å²) in [5.74, 6) is -0.378. The quantitative estimate of drug-likeness (QED) is 0.391. The van der Waals surface area contributed by atoms with Gasteiger partial charge in [-0.3, -0.25) is 9.59 Å². The maximum Gasteiger partial charge on any atom is 0.271 e. The van der Waals surface area contributed by atoms with Crippen LogP contribution in [0.1, 0.15) is 90.9 Å². The monoisotopic (exact) mass is 323 g/mol. The van der Waals surface area contributed by atoms with E-state index in [1.807, 2.05) is 0 Å². The molecule has 1 aromatic rings. The zero-order valence-corrected chi connectivity index (χ0v) is 14.8.